The molecule has 20 heavy (non-hydrogen) atoms. The Morgan fingerprint density at radius 3 is 2.60 bits per heavy atom. The highest BCUT2D eigenvalue weighted by atomic mass is 35.5. The fourth-order valence-electron chi connectivity index (χ4n) is 2.76. The molecule has 3 rings (SSSR count). The highest BCUT2D eigenvalue weighted by Crippen LogP contribution is 2.25. The fraction of sp³-hybridized carbons (Fsp3) is 0.294. The minimum atomic E-state index is 0.321. The number of rotatable bonds is 3. The van der Waals surface area contributed by atoms with Crippen LogP contribution < -0.4 is 5.32 Å². The van der Waals surface area contributed by atoms with Gasteiger partial charge in [0.05, 0.1) is 0 Å². The van der Waals surface area contributed by atoms with Crippen LogP contribution in [0.25, 0.3) is 0 Å². The van der Waals surface area contributed by atoms with Crippen LogP contribution in [0.5, 0.6) is 0 Å². The first-order chi connectivity index (χ1) is 9.83. The molecular weight excluding hydrogens is 268 g/mol. The quantitative estimate of drug-likeness (QED) is 0.929. The maximum Gasteiger partial charge on any atom is 0.0464 e. The predicted molar refractivity (Wildman–Crippen MR) is 83.9 cm³/mol. The molecule has 0 saturated carbocycles. The molecule has 0 amide bonds. The maximum atomic E-state index is 6.31. The summed E-state index contributed by atoms with van der Waals surface area (Å²) in [6.07, 6.45) is 0. The summed E-state index contributed by atoms with van der Waals surface area (Å²) >= 11 is 6.31. The van der Waals surface area contributed by atoms with E-state index < -0.39 is 0 Å². The number of benzene rings is 2. The van der Waals surface area contributed by atoms with Gasteiger partial charge in [0.1, 0.15) is 0 Å². The smallest absolute Gasteiger partial charge is 0.0464 e. The zero-order valence-corrected chi connectivity index (χ0v) is 12.2. The molecule has 1 heterocycles. The lowest BCUT2D eigenvalue weighted by Gasteiger charge is -2.34. The summed E-state index contributed by atoms with van der Waals surface area (Å²) in [6, 6.07) is 19.1. The lowest BCUT2D eigenvalue weighted by atomic mass is 10.0. The van der Waals surface area contributed by atoms with Crippen molar-refractivity contribution in [2.45, 2.75) is 12.6 Å². The van der Waals surface area contributed by atoms with Gasteiger partial charge in [-0.3, -0.25) is 4.90 Å². The molecule has 0 spiro atoms. The number of hydrogen-bond donors (Lipinski definition) is 1. The number of halogens is 1. The highest BCUT2D eigenvalue weighted by molar-refractivity contribution is 6.31. The van der Waals surface area contributed by atoms with Gasteiger partial charge in [0.2, 0.25) is 0 Å². The summed E-state index contributed by atoms with van der Waals surface area (Å²) in [5, 5.41) is 4.42. The molecule has 104 valence electrons. The molecule has 2 aromatic rings. The van der Waals surface area contributed by atoms with Crippen LogP contribution in [0.15, 0.2) is 54.6 Å². The Bertz CT molecular complexity index is 556. The van der Waals surface area contributed by atoms with Crippen molar-refractivity contribution in [3.63, 3.8) is 0 Å². The van der Waals surface area contributed by atoms with Gasteiger partial charge in [-0.2, -0.15) is 0 Å². The molecule has 1 saturated heterocycles. The molecule has 0 aromatic heterocycles. The predicted octanol–water partition coefficient (Wildman–Crippen LogP) is 3.49. The summed E-state index contributed by atoms with van der Waals surface area (Å²) in [5.41, 5.74) is 2.57. The second-order valence-corrected chi connectivity index (χ2v) is 5.66. The molecule has 0 radical (unpaired) electrons. The number of piperazine rings is 1. The molecule has 1 aliphatic heterocycles. The molecule has 1 atom stereocenters. The van der Waals surface area contributed by atoms with Crippen molar-refractivity contribution in [1.29, 1.82) is 0 Å². The van der Waals surface area contributed by atoms with Gasteiger partial charge in [0.25, 0.3) is 0 Å². The van der Waals surface area contributed by atoms with Crippen LogP contribution in [0, 0.1) is 0 Å². The SMILES string of the molecule is Clc1ccccc1C1CN(Cc2ccccc2)CCN1. The van der Waals surface area contributed by atoms with Crippen molar-refractivity contribution < 1.29 is 0 Å². The Hall–Kier alpha value is -1.35. The number of nitrogens with one attached hydrogen (secondary N) is 1. The lowest BCUT2D eigenvalue weighted by molar-refractivity contribution is 0.193. The third-order valence-corrected chi connectivity index (χ3v) is 4.13. The molecule has 2 nitrogen and oxygen atoms in total. The zero-order valence-electron chi connectivity index (χ0n) is 11.4. The molecule has 1 aliphatic rings. The molecule has 2 aromatic carbocycles. The number of nitrogens with zero attached hydrogens (tertiary/aromatic N) is 1. The Labute approximate surface area is 125 Å². The van der Waals surface area contributed by atoms with Crippen molar-refractivity contribution in [2.24, 2.45) is 0 Å². The minimum Gasteiger partial charge on any atom is -0.308 e. The van der Waals surface area contributed by atoms with Crippen LogP contribution in [0.3, 0.4) is 0 Å². The van der Waals surface area contributed by atoms with Crippen LogP contribution in [0.2, 0.25) is 5.02 Å². The normalized spacial score (nSPS) is 19.9. The van der Waals surface area contributed by atoms with Gasteiger partial charge in [-0.15, -0.1) is 0 Å². The van der Waals surface area contributed by atoms with E-state index in [0.717, 1.165) is 31.2 Å². The average Bonchev–Trinajstić information content (AvgIpc) is 2.49. The van der Waals surface area contributed by atoms with Gasteiger partial charge in [0, 0.05) is 37.2 Å². The summed E-state index contributed by atoms with van der Waals surface area (Å²) < 4.78 is 0. The summed E-state index contributed by atoms with van der Waals surface area (Å²) in [5.74, 6) is 0. The van der Waals surface area contributed by atoms with Gasteiger partial charge >= 0.3 is 0 Å². The van der Waals surface area contributed by atoms with Crippen LogP contribution in [0.4, 0.5) is 0 Å². The zero-order chi connectivity index (χ0) is 13.8. The molecule has 0 aliphatic carbocycles. The summed E-state index contributed by atoms with van der Waals surface area (Å²) in [6.45, 7) is 4.08. The van der Waals surface area contributed by atoms with Gasteiger partial charge in [-0.25, -0.2) is 0 Å². The fourth-order valence-corrected chi connectivity index (χ4v) is 3.03. The third kappa shape index (κ3) is 3.21. The average molecular weight is 287 g/mol. The van der Waals surface area contributed by atoms with Gasteiger partial charge in [0.15, 0.2) is 0 Å². The molecule has 0 bridgehead atoms. The van der Waals surface area contributed by atoms with E-state index in [0.29, 0.717) is 6.04 Å². The monoisotopic (exact) mass is 286 g/mol. The van der Waals surface area contributed by atoms with Crippen LogP contribution >= 0.6 is 11.6 Å². The second kappa shape index (κ2) is 6.40. The van der Waals surface area contributed by atoms with E-state index in [9.17, 15) is 0 Å². The van der Waals surface area contributed by atoms with Crippen molar-refractivity contribution in [2.75, 3.05) is 19.6 Å². The number of hydrogen-bond acceptors (Lipinski definition) is 2. The van der Waals surface area contributed by atoms with Crippen molar-refractivity contribution >= 4 is 11.6 Å². The van der Waals surface area contributed by atoms with E-state index in [-0.39, 0.29) is 0 Å². The molecule has 3 heteroatoms. The molecular formula is C17H19ClN2. The molecule has 1 unspecified atom stereocenters. The Balaban J connectivity index is 1.69. The Morgan fingerprint density at radius 1 is 1.05 bits per heavy atom. The topological polar surface area (TPSA) is 15.3 Å². The Kier molecular flexibility index (Phi) is 4.36. The van der Waals surface area contributed by atoms with E-state index in [1.165, 1.54) is 11.1 Å². The van der Waals surface area contributed by atoms with Crippen LogP contribution in [-0.2, 0) is 6.54 Å². The van der Waals surface area contributed by atoms with E-state index in [4.69, 9.17) is 11.6 Å². The first-order valence-corrected chi connectivity index (χ1v) is 7.45. The Morgan fingerprint density at radius 2 is 1.80 bits per heavy atom. The summed E-state index contributed by atoms with van der Waals surface area (Å²) in [4.78, 5) is 2.49. The van der Waals surface area contributed by atoms with Crippen LogP contribution in [-0.4, -0.2) is 24.5 Å². The van der Waals surface area contributed by atoms with Crippen molar-refractivity contribution in [3.05, 3.63) is 70.7 Å². The van der Waals surface area contributed by atoms with Crippen molar-refractivity contribution in [3.8, 4) is 0 Å². The van der Waals surface area contributed by atoms with Gasteiger partial charge in [-0.05, 0) is 17.2 Å². The van der Waals surface area contributed by atoms with Crippen molar-refractivity contribution in [1.82, 2.24) is 10.2 Å². The second-order valence-electron chi connectivity index (χ2n) is 5.25. The van der Waals surface area contributed by atoms with E-state index in [1.807, 2.05) is 12.1 Å². The van der Waals surface area contributed by atoms with Gasteiger partial charge < -0.3 is 5.32 Å². The first kappa shape index (κ1) is 13.6. The van der Waals surface area contributed by atoms with E-state index in [2.05, 4.69) is 52.7 Å². The highest BCUT2D eigenvalue weighted by Gasteiger charge is 2.22. The van der Waals surface area contributed by atoms with Gasteiger partial charge in [-0.1, -0.05) is 60.1 Å². The summed E-state index contributed by atoms with van der Waals surface area (Å²) in [7, 11) is 0. The molecule has 1 fully saturated rings. The largest absolute Gasteiger partial charge is 0.308 e. The first-order valence-electron chi connectivity index (χ1n) is 7.07. The standard InChI is InChI=1S/C17H19ClN2/c18-16-9-5-4-8-15(16)17-13-20(11-10-19-17)12-14-6-2-1-3-7-14/h1-9,17,19H,10-13H2. The van der Waals surface area contributed by atoms with E-state index in [1.54, 1.807) is 0 Å². The third-order valence-electron chi connectivity index (χ3n) is 3.79. The lowest BCUT2D eigenvalue weighted by Crippen LogP contribution is -2.45. The maximum absolute atomic E-state index is 6.31. The minimum absolute atomic E-state index is 0.321. The molecule has 1 N–H and O–H groups in total. The van der Waals surface area contributed by atoms with E-state index >= 15 is 0 Å². The van der Waals surface area contributed by atoms with Crippen LogP contribution in [0.1, 0.15) is 17.2 Å².